The molecule has 0 aliphatic heterocycles. The quantitative estimate of drug-likeness (QED) is 0.864. The van der Waals surface area contributed by atoms with E-state index in [0.29, 0.717) is 11.6 Å². The summed E-state index contributed by atoms with van der Waals surface area (Å²) in [5.74, 6) is 0.265. The number of hydrogen-bond acceptors (Lipinski definition) is 2. The van der Waals surface area contributed by atoms with Gasteiger partial charge >= 0.3 is 0 Å². The summed E-state index contributed by atoms with van der Waals surface area (Å²) >= 11 is 5.92. The Morgan fingerprint density at radius 1 is 1.11 bits per heavy atom. The molecular weight excluding hydrogens is 246 g/mol. The van der Waals surface area contributed by atoms with Gasteiger partial charge in [-0.3, -0.25) is 0 Å². The van der Waals surface area contributed by atoms with Crippen LogP contribution in [0.5, 0.6) is 5.75 Å². The van der Waals surface area contributed by atoms with Crippen LogP contribution < -0.4 is 5.32 Å². The number of anilines is 1. The van der Waals surface area contributed by atoms with Gasteiger partial charge in [-0.25, -0.2) is 0 Å². The van der Waals surface area contributed by atoms with Crippen LogP contribution in [0.15, 0.2) is 42.5 Å². The third-order valence-electron chi connectivity index (χ3n) is 2.91. The van der Waals surface area contributed by atoms with Crippen LogP contribution in [0, 0.1) is 0 Å². The molecule has 2 aromatic rings. The van der Waals surface area contributed by atoms with Gasteiger partial charge in [0.25, 0.3) is 0 Å². The average molecular weight is 262 g/mol. The molecule has 0 unspecified atom stereocenters. The van der Waals surface area contributed by atoms with Gasteiger partial charge < -0.3 is 10.4 Å². The Kier molecular flexibility index (Phi) is 4.11. The first-order valence-electron chi connectivity index (χ1n) is 6.00. The number of aryl methyl sites for hydroxylation is 1. The summed E-state index contributed by atoms with van der Waals surface area (Å²) in [6.45, 7) is 2.68. The lowest BCUT2D eigenvalue weighted by Crippen LogP contribution is -2.02. The number of phenols is 1. The minimum Gasteiger partial charge on any atom is -0.508 e. The fourth-order valence-corrected chi connectivity index (χ4v) is 2.08. The van der Waals surface area contributed by atoms with E-state index in [-0.39, 0.29) is 5.75 Å². The first-order chi connectivity index (χ1) is 8.70. The number of halogens is 1. The fourth-order valence-electron chi connectivity index (χ4n) is 1.89. The summed E-state index contributed by atoms with van der Waals surface area (Å²) in [4.78, 5) is 0. The predicted molar refractivity (Wildman–Crippen MR) is 76.3 cm³/mol. The van der Waals surface area contributed by atoms with E-state index in [9.17, 15) is 5.11 Å². The summed E-state index contributed by atoms with van der Waals surface area (Å²) in [5.41, 5.74) is 3.16. The van der Waals surface area contributed by atoms with E-state index in [1.54, 1.807) is 18.2 Å². The van der Waals surface area contributed by atoms with Gasteiger partial charge in [0.1, 0.15) is 5.75 Å². The van der Waals surface area contributed by atoms with Gasteiger partial charge in [-0.1, -0.05) is 36.7 Å². The van der Waals surface area contributed by atoms with Crippen molar-refractivity contribution in [1.82, 2.24) is 0 Å². The topological polar surface area (TPSA) is 32.3 Å². The second kappa shape index (κ2) is 5.78. The van der Waals surface area contributed by atoms with Crippen molar-refractivity contribution in [3.63, 3.8) is 0 Å². The molecule has 0 aliphatic rings. The molecule has 2 aromatic carbocycles. The first-order valence-corrected chi connectivity index (χ1v) is 6.37. The molecule has 2 nitrogen and oxygen atoms in total. The second-order valence-corrected chi connectivity index (χ2v) is 4.57. The Morgan fingerprint density at radius 3 is 2.67 bits per heavy atom. The van der Waals surface area contributed by atoms with Crippen molar-refractivity contribution in [2.75, 3.05) is 5.32 Å². The molecule has 0 radical (unpaired) electrons. The third kappa shape index (κ3) is 2.96. The monoisotopic (exact) mass is 261 g/mol. The van der Waals surface area contributed by atoms with Crippen molar-refractivity contribution in [3.8, 4) is 5.75 Å². The van der Waals surface area contributed by atoms with Crippen molar-refractivity contribution >= 4 is 17.3 Å². The van der Waals surface area contributed by atoms with E-state index in [2.05, 4.69) is 18.3 Å². The summed E-state index contributed by atoms with van der Waals surface area (Å²) in [5, 5.41) is 13.7. The van der Waals surface area contributed by atoms with E-state index in [1.807, 2.05) is 18.2 Å². The largest absolute Gasteiger partial charge is 0.508 e. The Hall–Kier alpha value is -1.67. The van der Waals surface area contributed by atoms with Crippen LogP contribution in [0.4, 0.5) is 5.69 Å². The number of hydrogen-bond donors (Lipinski definition) is 2. The van der Waals surface area contributed by atoms with Crippen LogP contribution >= 0.6 is 11.6 Å². The van der Waals surface area contributed by atoms with Crippen LogP contribution in [0.1, 0.15) is 18.1 Å². The van der Waals surface area contributed by atoms with E-state index >= 15 is 0 Å². The minimum atomic E-state index is 0.265. The van der Waals surface area contributed by atoms with Gasteiger partial charge in [-0.15, -0.1) is 0 Å². The van der Waals surface area contributed by atoms with Gasteiger partial charge in [0.2, 0.25) is 0 Å². The standard InChI is InChI=1S/C15H16ClNO/c1-2-11-5-3-4-6-14(11)17-10-12-9-13(16)7-8-15(12)18/h3-9,17-18H,2,10H2,1H3. The zero-order valence-electron chi connectivity index (χ0n) is 10.3. The van der Waals surface area contributed by atoms with Gasteiger partial charge in [-0.2, -0.15) is 0 Å². The smallest absolute Gasteiger partial charge is 0.120 e. The first kappa shape index (κ1) is 12.8. The number of nitrogens with one attached hydrogen (secondary N) is 1. The summed E-state index contributed by atoms with van der Waals surface area (Å²) in [7, 11) is 0. The van der Waals surface area contributed by atoms with Gasteiger partial charge in [0.15, 0.2) is 0 Å². The van der Waals surface area contributed by atoms with E-state index < -0.39 is 0 Å². The third-order valence-corrected chi connectivity index (χ3v) is 3.14. The Labute approximate surface area is 112 Å². The highest BCUT2D eigenvalue weighted by molar-refractivity contribution is 6.30. The maximum absolute atomic E-state index is 9.74. The lowest BCUT2D eigenvalue weighted by molar-refractivity contribution is 0.469. The predicted octanol–water partition coefficient (Wildman–Crippen LogP) is 4.22. The molecule has 0 saturated heterocycles. The number of benzene rings is 2. The number of phenolic OH excluding ortho intramolecular Hbond substituents is 1. The van der Waals surface area contributed by atoms with Crippen molar-refractivity contribution in [2.45, 2.75) is 19.9 Å². The Morgan fingerprint density at radius 2 is 1.89 bits per heavy atom. The molecule has 0 heterocycles. The van der Waals surface area contributed by atoms with Crippen LogP contribution in [0.25, 0.3) is 0 Å². The molecule has 2 rings (SSSR count). The number of para-hydroxylation sites is 1. The van der Waals surface area contributed by atoms with Crippen LogP contribution in [0.3, 0.4) is 0 Å². The molecule has 0 fully saturated rings. The molecule has 94 valence electrons. The SMILES string of the molecule is CCc1ccccc1NCc1cc(Cl)ccc1O. The molecule has 0 amide bonds. The highest BCUT2D eigenvalue weighted by atomic mass is 35.5. The zero-order valence-corrected chi connectivity index (χ0v) is 11.0. The molecule has 0 saturated carbocycles. The van der Waals surface area contributed by atoms with Gasteiger partial charge in [0, 0.05) is 22.8 Å². The van der Waals surface area contributed by atoms with E-state index in [0.717, 1.165) is 17.7 Å². The zero-order chi connectivity index (χ0) is 13.0. The number of rotatable bonds is 4. The molecule has 3 heteroatoms. The van der Waals surface area contributed by atoms with Crippen molar-refractivity contribution in [1.29, 1.82) is 0 Å². The highest BCUT2D eigenvalue weighted by Gasteiger charge is 2.03. The summed E-state index contributed by atoms with van der Waals surface area (Å²) in [6, 6.07) is 13.2. The summed E-state index contributed by atoms with van der Waals surface area (Å²) in [6.07, 6.45) is 0.977. The van der Waals surface area contributed by atoms with Crippen LogP contribution in [0.2, 0.25) is 5.02 Å². The molecule has 0 aliphatic carbocycles. The maximum atomic E-state index is 9.74. The molecule has 0 atom stereocenters. The Bertz CT molecular complexity index is 540. The van der Waals surface area contributed by atoms with Crippen molar-refractivity contribution < 1.29 is 5.11 Å². The highest BCUT2D eigenvalue weighted by Crippen LogP contribution is 2.23. The molecule has 0 aromatic heterocycles. The lowest BCUT2D eigenvalue weighted by Gasteiger charge is -2.12. The summed E-state index contributed by atoms with van der Waals surface area (Å²) < 4.78 is 0. The van der Waals surface area contributed by atoms with Gasteiger partial charge in [-0.05, 0) is 36.2 Å². The van der Waals surface area contributed by atoms with Crippen molar-refractivity contribution in [2.24, 2.45) is 0 Å². The molecule has 2 N–H and O–H groups in total. The van der Waals surface area contributed by atoms with E-state index in [4.69, 9.17) is 11.6 Å². The number of aromatic hydroxyl groups is 1. The average Bonchev–Trinajstić information content (AvgIpc) is 2.40. The Balaban J connectivity index is 2.14. The maximum Gasteiger partial charge on any atom is 0.120 e. The molecule has 18 heavy (non-hydrogen) atoms. The minimum absolute atomic E-state index is 0.265. The molecule has 0 spiro atoms. The normalized spacial score (nSPS) is 10.3. The van der Waals surface area contributed by atoms with E-state index in [1.165, 1.54) is 5.56 Å². The van der Waals surface area contributed by atoms with Gasteiger partial charge in [0.05, 0.1) is 0 Å². The van der Waals surface area contributed by atoms with Crippen LogP contribution in [-0.2, 0) is 13.0 Å². The molecule has 0 bridgehead atoms. The van der Waals surface area contributed by atoms with Crippen LogP contribution in [-0.4, -0.2) is 5.11 Å². The van der Waals surface area contributed by atoms with Crippen molar-refractivity contribution in [3.05, 3.63) is 58.6 Å². The fraction of sp³-hybridized carbons (Fsp3) is 0.200. The lowest BCUT2D eigenvalue weighted by atomic mass is 10.1. The molecular formula is C15H16ClNO. The second-order valence-electron chi connectivity index (χ2n) is 4.14.